The van der Waals surface area contributed by atoms with Gasteiger partial charge in [0.25, 0.3) is 0 Å². The lowest BCUT2D eigenvalue weighted by molar-refractivity contribution is -0.174. The van der Waals surface area contributed by atoms with E-state index in [1.165, 1.54) is 6.92 Å². The summed E-state index contributed by atoms with van der Waals surface area (Å²) in [5, 5.41) is 15.8. The van der Waals surface area contributed by atoms with Crippen LogP contribution < -0.4 is 5.32 Å². The van der Waals surface area contributed by atoms with Crippen molar-refractivity contribution in [1.82, 2.24) is 5.32 Å². The molecular formula is C37H73NO4. The summed E-state index contributed by atoms with van der Waals surface area (Å²) < 4.78 is 6.18. The predicted molar refractivity (Wildman–Crippen MR) is 179 cm³/mol. The first kappa shape index (κ1) is 40.9. The average Bonchev–Trinajstić information content (AvgIpc) is 2.93. The minimum atomic E-state index is -0.549. The molecule has 0 bridgehead atoms. The number of carbonyl (C=O) groups excluding carboxylic acids is 2. The summed E-state index contributed by atoms with van der Waals surface area (Å²) >= 11 is 0. The van der Waals surface area contributed by atoms with Crippen molar-refractivity contribution in [3.05, 3.63) is 0 Å². The van der Waals surface area contributed by atoms with Crippen molar-refractivity contribution in [2.45, 2.75) is 193 Å². The molecule has 0 radical (unpaired) electrons. The molecule has 0 spiro atoms. The van der Waals surface area contributed by atoms with Gasteiger partial charge >= 0.3 is 5.97 Å². The maximum absolute atomic E-state index is 12.6. The van der Waals surface area contributed by atoms with E-state index in [2.05, 4.69) is 102 Å². The third-order valence-corrected chi connectivity index (χ3v) is 13.0. The van der Waals surface area contributed by atoms with E-state index in [1.54, 1.807) is 0 Å². The number of rotatable bonds is 22. The lowest BCUT2D eigenvalue weighted by Crippen LogP contribution is -2.56. The molecule has 0 saturated heterocycles. The Balaban J connectivity index is 7.01. The molecule has 42 heavy (non-hydrogen) atoms. The standard InChI is InChI=1S/C37H73NO4/c1-16-23-36(15,37(21-6,22-7)24-29(38-27-39)33(11,12)18-3)30(41)25-34(13,19-4)35(14,20-5)31(42-28(8)40)26-32(9,10)17-2/h27,29-31,41H,16-26H2,1-15H3,(H,38,39). The topological polar surface area (TPSA) is 75.6 Å². The number of ether oxygens (including phenoxy) is 1. The summed E-state index contributed by atoms with van der Waals surface area (Å²) in [7, 11) is 0. The second kappa shape index (κ2) is 16.3. The first-order valence-electron chi connectivity index (χ1n) is 17.3. The summed E-state index contributed by atoms with van der Waals surface area (Å²) in [6, 6.07) is 0.0198. The number of esters is 1. The van der Waals surface area contributed by atoms with E-state index in [-0.39, 0.29) is 50.6 Å². The molecule has 5 heteroatoms. The first-order valence-corrected chi connectivity index (χ1v) is 17.3. The largest absolute Gasteiger partial charge is 0.462 e. The van der Waals surface area contributed by atoms with E-state index in [9.17, 15) is 14.7 Å². The molecule has 1 amide bonds. The van der Waals surface area contributed by atoms with Crippen LogP contribution >= 0.6 is 0 Å². The Morgan fingerprint density at radius 3 is 1.67 bits per heavy atom. The Morgan fingerprint density at radius 1 is 0.762 bits per heavy atom. The number of amides is 1. The van der Waals surface area contributed by atoms with Gasteiger partial charge in [0.05, 0.1) is 6.10 Å². The highest BCUT2D eigenvalue weighted by Crippen LogP contribution is 2.59. The molecule has 0 aromatic carbocycles. The number of hydrogen-bond acceptors (Lipinski definition) is 4. The van der Waals surface area contributed by atoms with Crippen molar-refractivity contribution in [2.75, 3.05) is 0 Å². The smallest absolute Gasteiger partial charge is 0.302 e. The molecular weight excluding hydrogens is 522 g/mol. The molecule has 0 saturated carbocycles. The highest BCUT2D eigenvalue weighted by Gasteiger charge is 2.56. The van der Waals surface area contributed by atoms with Crippen molar-refractivity contribution in [2.24, 2.45) is 32.5 Å². The van der Waals surface area contributed by atoms with Gasteiger partial charge in [-0.1, -0.05) is 110 Å². The van der Waals surface area contributed by atoms with Crippen LogP contribution in [-0.2, 0) is 14.3 Å². The summed E-state index contributed by atoms with van der Waals surface area (Å²) in [5.41, 5.74) is -1.13. The monoisotopic (exact) mass is 596 g/mol. The van der Waals surface area contributed by atoms with Crippen molar-refractivity contribution in [3.63, 3.8) is 0 Å². The van der Waals surface area contributed by atoms with Crippen LogP contribution in [0.2, 0.25) is 0 Å². The van der Waals surface area contributed by atoms with Crippen LogP contribution in [0.4, 0.5) is 0 Å². The summed E-state index contributed by atoms with van der Waals surface area (Å²) in [6.07, 6.45) is 9.80. The van der Waals surface area contributed by atoms with Crippen LogP contribution in [0.25, 0.3) is 0 Å². The van der Waals surface area contributed by atoms with E-state index in [0.29, 0.717) is 6.42 Å². The van der Waals surface area contributed by atoms with Crippen molar-refractivity contribution in [3.8, 4) is 0 Å². The van der Waals surface area contributed by atoms with Crippen LogP contribution in [0.15, 0.2) is 0 Å². The maximum Gasteiger partial charge on any atom is 0.302 e. The van der Waals surface area contributed by atoms with Gasteiger partial charge in [0.15, 0.2) is 0 Å². The quantitative estimate of drug-likeness (QED) is 0.0964. The third-order valence-electron chi connectivity index (χ3n) is 13.0. The number of carbonyl (C=O) groups is 2. The summed E-state index contributed by atoms with van der Waals surface area (Å²) in [6.45, 7) is 33.0. The Morgan fingerprint density at radius 2 is 1.31 bits per heavy atom. The van der Waals surface area contributed by atoms with Gasteiger partial charge in [0.2, 0.25) is 6.41 Å². The molecule has 0 aliphatic carbocycles. The van der Waals surface area contributed by atoms with Crippen LogP contribution in [0.5, 0.6) is 0 Å². The van der Waals surface area contributed by atoms with Gasteiger partial charge in [-0.25, -0.2) is 0 Å². The van der Waals surface area contributed by atoms with Crippen molar-refractivity contribution in [1.29, 1.82) is 0 Å². The average molecular weight is 596 g/mol. The first-order chi connectivity index (χ1) is 19.2. The zero-order valence-corrected chi connectivity index (χ0v) is 30.8. The van der Waals surface area contributed by atoms with Crippen LogP contribution in [0, 0.1) is 32.5 Å². The molecule has 0 aromatic heterocycles. The highest BCUT2D eigenvalue weighted by atomic mass is 16.5. The number of aliphatic hydroxyl groups excluding tert-OH is 1. The Bertz CT molecular complexity index is 819. The fourth-order valence-electron chi connectivity index (χ4n) is 7.88. The number of aliphatic hydroxyl groups is 1. The molecule has 0 fully saturated rings. The number of hydrogen-bond donors (Lipinski definition) is 2. The molecule has 0 aliphatic rings. The van der Waals surface area contributed by atoms with Crippen LogP contribution in [0.1, 0.15) is 174 Å². The molecule has 6 atom stereocenters. The molecule has 0 heterocycles. The highest BCUT2D eigenvalue weighted by molar-refractivity contribution is 5.66. The molecule has 5 nitrogen and oxygen atoms in total. The summed E-state index contributed by atoms with van der Waals surface area (Å²) in [5.74, 6) is -0.232. The Hall–Kier alpha value is -1.10. The predicted octanol–water partition coefficient (Wildman–Crippen LogP) is 9.88. The molecule has 0 aromatic rings. The van der Waals surface area contributed by atoms with Gasteiger partial charge < -0.3 is 15.2 Å². The van der Waals surface area contributed by atoms with E-state index in [0.717, 1.165) is 70.6 Å². The van der Waals surface area contributed by atoms with Gasteiger partial charge in [-0.3, -0.25) is 9.59 Å². The molecule has 6 unspecified atom stereocenters. The Kier molecular flexibility index (Phi) is 15.9. The molecule has 2 N–H and O–H groups in total. The van der Waals surface area contributed by atoms with E-state index in [4.69, 9.17) is 4.74 Å². The van der Waals surface area contributed by atoms with Crippen LogP contribution in [0.3, 0.4) is 0 Å². The van der Waals surface area contributed by atoms with E-state index >= 15 is 0 Å². The van der Waals surface area contributed by atoms with Crippen LogP contribution in [-0.4, -0.2) is 35.7 Å². The fraction of sp³-hybridized carbons (Fsp3) is 0.946. The van der Waals surface area contributed by atoms with Gasteiger partial charge in [-0.2, -0.15) is 0 Å². The third kappa shape index (κ3) is 8.98. The molecule has 0 rings (SSSR count). The second-order valence-electron chi connectivity index (χ2n) is 15.8. The van der Waals surface area contributed by atoms with E-state index < -0.39 is 6.10 Å². The lowest BCUT2D eigenvalue weighted by atomic mass is 9.49. The zero-order chi connectivity index (χ0) is 33.2. The van der Waals surface area contributed by atoms with E-state index in [1.807, 2.05) is 0 Å². The summed E-state index contributed by atoms with van der Waals surface area (Å²) in [4.78, 5) is 24.2. The second-order valence-corrected chi connectivity index (χ2v) is 15.8. The minimum absolute atomic E-state index is 0.0198. The lowest BCUT2D eigenvalue weighted by Gasteiger charge is -2.57. The van der Waals surface area contributed by atoms with Crippen molar-refractivity contribution >= 4 is 12.4 Å². The molecule has 0 aliphatic heterocycles. The van der Waals surface area contributed by atoms with Gasteiger partial charge in [-0.15, -0.1) is 0 Å². The minimum Gasteiger partial charge on any atom is -0.462 e. The van der Waals surface area contributed by atoms with Gasteiger partial charge in [0.1, 0.15) is 6.10 Å². The van der Waals surface area contributed by atoms with Gasteiger partial charge in [-0.05, 0) is 84.9 Å². The Labute approximate surface area is 262 Å². The number of nitrogens with one attached hydrogen (secondary N) is 1. The fourth-order valence-corrected chi connectivity index (χ4v) is 7.88. The molecule has 250 valence electrons. The van der Waals surface area contributed by atoms with Crippen molar-refractivity contribution < 1.29 is 19.4 Å². The SMILES string of the molecule is CCCC(C)(C(O)CC(C)(CC)C(C)(CC)C(CC(C)(C)CC)OC(C)=O)C(CC)(CC)CC(NC=O)C(C)(C)CC. The zero-order valence-electron chi connectivity index (χ0n) is 30.8. The maximum atomic E-state index is 12.6. The van der Waals surface area contributed by atoms with Gasteiger partial charge in [0, 0.05) is 18.4 Å². The normalized spacial score (nSPS) is 19.5.